The number of halogens is 1. The maximum Gasteiger partial charge on any atom is 0.326 e. The molecule has 8 N–H and O–H groups in total. The molecule has 0 bridgehead atoms. The minimum atomic E-state index is -1.03. The van der Waals surface area contributed by atoms with Gasteiger partial charge in [-0.3, -0.25) is 38.4 Å². The first kappa shape index (κ1) is 116. The number of benzene rings is 8. The third-order valence-electron chi connectivity index (χ3n) is 20.7. The lowest BCUT2D eigenvalue weighted by atomic mass is 10.0. The first-order valence-electron chi connectivity index (χ1n) is 44.9. The Morgan fingerprint density at radius 1 is 0.409 bits per heavy atom. The number of ketones is 4. The number of aryl methyl sites for hydroxylation is 6. The van der Waals surface area contributed by atoms with Gasteiger partial charge >= 0.3 is 24.0 Å². The van der Waals surface area contributed by atoms with Crippen LogP contribution in [-0.2, 0) is 114 Å². The molecule has 25 heteroatoms. The van der Waals surface area contributed by atoms with E-state index in [4.69, 9.17) is 19.4 Å². The summed E-state index contributed by atoms with van der Waals surface area (Å²) in [5, 5.41) is 27.7. The highest BCUT2D eigenvalue weighted by molar-refractivity contribution is 5.90. The van der Waals surface area contributed by atoms with Crippen molar-refractivity contribution in [3.05, 3.63) is 324 Å². The second-order valence-corrected chi connectivity index (χ2v) is 32.2. The molecule has 0 radical (unpaired) electrons. The molecule has 8 aromatic rings. The van der Waals surface area contributed by atoms with Crippen LogP contribution in [0, 0.1) is 23.7 Å². The van der Waals surface area contributed by atoms with Crippen LogP contribution in [0.4, 0.5) is 9.59 Å². The van der Waals surface area contributed by atoms with E-state index in [1.54, 1.807) is 55.8 Å². The summed E-state index contributed by atoms with van der Waals surface area (Å²) in [4.78, 5) is 142. The molecule has 2 fully saturated rings. The van der Waals surface area contributed by atoms with Gasteiger partial charge in [-0.1, -0.05) is 283 Å². The summed E-state index contributed by atoms with van der Waals surface area (Å²) < 4.78 is 10.5. The number of carbonyl (C=O) groups excluding carboxylic acids is 10. The second kappa shape index (κ2) is 71.3. The van der Waals surface area contributed by atoms with Crippen LogP contribution in [0.5, 0.6) is 0 Å². The quantitative estimate of drug-likeness (QED) is 0.00902. The number of morpholine rings is 2. The van der Waals surface area contributed by atoms with Crippen LogP contribution in [0.1, 0.15) is 145 Å². The molecule has 0 spiro atoms. The zero-order valence-electron chi connectivity index (χ0n) is 78.5. The van der Waals surface area contributed by atoms with Gasteiger partial charge in [0, 0.05) is 70.4 Å². The van der Waals surface area contributed by atoms with E-state index in [2.05, 4.69) is 89.3 Å². The van der Waals surface area contributed by atoms with Crippen LogP contribution in [0.2, 0.25) is 0 Å². The molecular weight excluding hydrogens is 1690 g/mol. The van der Waals surface area contributed by atoms with Crippen molar-refractivity contribution < 1.29 is 100 Å². The van der Waals surface area contributed by atoms with Crippen LogP contribution in [0.15, 0.2) is 279 Å². The number of amides is 6. The summed E-state index contributed by atoms with van der Waals surface area (Å²) in [6, 6.07) is 77.6. The average Bonchev–Trinajstić information content (AvgIpc) is 0.834. The van der Waals surface area contributed by atoms with E-state index in [9.17, 15) is 62.6 Å². The number of carboxylic acids is 2. The smallest absolute Gasteiger partial charge is 0.326 e. The summed E-state index contributed by atoms with van der Waals surface area (Å²) in [5.41, 5.74) is 13.4. The third-order valence-corrected chi connectivity index (χ3v) is 20.7. The molecule has 2 saturated heterocycles. The van der Waals surface area contributed by atoms with Gasteiger partial charge in [-0.2, -0.15) is 0 Å². The van der Waals surface area contributed by atoms with Crippen molar-refractivity contribution in [1.29, 1.82) is 0 Å². The highest BCUT2D eigenvalue weighted by Crippen LogP contribution is 2.17. The van der Waals surface area contributed by atoms with Crippen molar-refractivity contribution in [1.82, 2.24) is 30.8 Å². The predicted octanol–water partition coefficient (Wildman–Crippen LogP) is 12.6. The van der Waals surface area contributed by atoms with Crippen LogP contribution >= 0.6 is 0 Å². The van der Waals surface area contributed by atoms with Gasteiger partial charge in [-0.15, -0.1) is 0 Å². The van der Waals surface area contributed by atoms with E-state index in [1.807, 2.05) is 208 Å². The van der Waals surface area contributed by atoms with Crippen LogP contribution < -0.4 is 34.1 Å². The van der Waals surface area contributed by atoms with Crippen molar-refractivity contribution >= 4 is 71.5 Å². The molecular formula is C107H140ClN7O17. The Kier molecular flexibility index (Phi) is 62.5. The number of aliphatic carboxylic acids is 2. The number of carbonyl (C=O) groups is 12. The molecule has 712 valence electrons. The number of allylic oxidation sites excluding steroid dienone is 4. The van der Waals surface area contributed by atoms with E-state index < -0.39 is 24.0 Å². The minimum absolute atomic E-state index is 0. The van der Waals surface area contributed by atoms with Crippen molar-refractivity contribution in [2.45, 2.75) is 176 Å². The van der Waals surface area contributed by atoms with Gasteiger partial charge in [-0.05, 0) is 173 Å². The molecule has 8 atom stereocenters. The van der Waals surface area contributed by atoms with Crippen molar-refractivity contribution in [3.63, 3.8) is 0 Å². The topological polar surface area (TPSA) is 346 Å². The number of aldehydes is 2. The van der Waals surface area contributed by atoms with E-state index in [-0.39, 0.29) is 102 Å². The Bertz CT molecular complexity index is 4560. The number of urea groups is 2. The molecule has 24 nitrogen and oxygen atoms in total. The maximum absolute atomic E-state index is 13.3. The molecule has 6 unspecified atom stereocenters. The van der Waals surface area contributed by atoms with E-state index in [0.29, 0.717) is 84.1 Å². The molecule has 0 saturated carbocycles. The number of rotatable bonds is 39. The lowest BCUT2D eigenvalue weighted by Crippen LogP contribution is -3.00. The predicted molar refractivity (Wildman–Crippen MR) is 515 cm³/mol. The standard InChI is InChI=1S/C27H33N3O4.C14H18N2O4.C14H18O.C13H19NO2.C13H17NO.C11H14O2.C11H14O.C4H6O2.ClH/c1-21(31)12-14-24(15-13-22-8-4-2-5-9-22)28-26(32)25(20-23-10-6-3-7-11-23)29-27(33)30-16-18-34-19-17-30;17-13(18)12(10-11-4-2-1-3-5-11)15-14(19)16-6-8-20-9-7-16;1-12(8-10-13(2)15)9-11-14-6-4-3-5-7-14;1-11(13(15)14(2)16-3)9-10-12-7-5-4-6-8-12;1-11(15)7-9-13(14)10-8-12-5-3-2-4-6-12;1-9(11(12)13)7-8-10-5-3-2-4-6-10;1-10(9-12)7-8-11-5-3-2-4-6-11;1-4(6)2-3-5;/h2-12,14,24-25H,13,15-20H2,1H3,(H,28,32)(H,29,33);1-5,12H,6-10H2,(H,15,19)(H,17,18);3-8,10,12H,9,11H2,1-2H3;4-8,11H,9-10H2,1-3H3;2-7,9,13H,8,10,14H2,1H3;2-6,9H,7-8H2,1H3,(H,12,13);2-6,9-10H,7-8H2,1H3;3H,2H2,1H3;1H/b14-12+;;10-8+;;9-7+;;;;/t24?,25-;12-;;;;;;;/m00......./s1. The fraction of sp³-hybridized carbons (Fsp3) is 0.383. The second-order valence-electron chi connectivity index (χ2n) is 32.2. The number of hydrogen-bond acceptors (Lipinski definition) is 15. The fourth-order valence-electron chi connectivity index (χ4n) is 12.6. The zero-order chi connectivity index (χ0) is 96.2. The number of Topliss-reactive ketones (excluding diaryl/α,β-unsaturated/α-hetero) is 1. The molecule has 10 rings (SSSR count). The normalized spacial score (nSPS) is 13.6. The summed E-state index contributed by atoms with van der Waals surface area (Å²) >= 11 is 0. The number of hydrogen-bond donors (Lipinski definition) is 6. The van der Waals surface area contributed by atoms with Crippen LogP contribution in [0.25, 0.3) is 0 Å². The van der Waals surface area contributed by atoms with Gasteiger partial charge in [0.05, 0.1) is 45.9 Å². The average molecular weight is 1830 g/mol. The lowest BCUT2D eigenvalue weighted by molar-refractivity contribution is -0.404. The summed E-state index contributed by atoms with van der Waals surface area (Å²) in [7, 11) is 3.14. The Hall–Kier alpha value is -12.5. The lowest BCUT2D eigenvalue weighted by Gasteiger charge is -2.29. The molecule has 6 amide bonds. The highest BCUT2D eigenvalue weighted by Gasteiger charge is 2.28. The Labute approximate surface area is 788 Å². The third kappa shape index (κ3) is 56.9. The molecule has 132 heavy (non-hydrogen) atoms. The number of nitrogens with zero attached hydrogens (tertiary/aromatic N) is 3. The van der Waals surface area contributed by atoms with E-state index in [1.165, 1.54) is 59.9 Å². The first-order chi connectivity index (χ1) is 63.0. The first-order valence-corrected chi connectivity index (χ1v) is 44.9. The molecule has 2 heterocycles. The Morgan fingerprint density at radius 3 is 1.05 bits per heavy atom. The number of hydroxylamine groups is 2. The van der Waals surface area contributed by atoms with Gasteiger partial charge < -0.3 is 73.2 Å². The van der Waals surface area contributed by atoms with Gasteiger partial charge in [-0.25, -0.2) is 19.4 Å². The Morgan fingerprint density at radius 2 is 0.720 bits per heavy atom. The summed E-state index contributed by atoms with van der Waals surface area (Å²) in [6.07, 6.45) is 23.5. The van der Waals surface area contributed by atoms with E-state index in [0.717, 1.165) is 87.2 Å². The monoisotopic (exact) mass is 1830 g/mol. The number of carboxylic acid groups (broad SMARTS) is 2. The number of nitrogens with one attached hydrogen (secondary N) is 3. The van der Waals surface area contributed by atoms with Gasteiger partial charge in [0.1, 0.15) is 36.5 Å². The molecule has 8 aromatic carbocycles. The van der Waals surface area contributed by atoms with Crippen LogP contribution in [0.3, 0.4) is 0 Å². The van der Waals surface area contributed by atoms with Gasteiger partial charge in [0.15, 0.2) is 17.3 Å². The molecule has 0 aliphatic carbocycles. The summed E-state index contributed by atoms with van der Waals surface area (Å²) in [6.45, 7) is 17.7. The number of quaternary nitrogens is 1. The zero-order valence-corrected chi connectivity index (χ0v) is 79.3. The van der Waals surface area contributed by atoms with Crippen molar-refractivity contribution in [3.8, 4) is 0 Å². The maximum atomic E-state index is 13.3. The minimum Gasteiger partial charge on any atom is -1.00 e. The fourth-order valence-corrected chi connectivity index (χ4v) is 12.6. The van der Waals surface area contributed by atoms with E-state index >= 15 is 0 Å². The van der Waals surface area contributed by atoms with Crippen molar-refractivity contribution in [2.24, 2.45) is 23.7 Å². The Balaban J connectivity index is 0.000000531. The van der Waals surface area contributed by atoms with Gasteiger partial charge in [0.2, 0.25) is 11.8 Å². The molecule has 0 aromatic heterocycles. The largest absolute Gasteiger partial charge is 1.00 e. The SMILES string of the molecule is CC(=O)/C=C/C(C)CCc1ccccc1.CC(=O)/C=C/C(CCc1ccccc1)NC(=O)[C@H](Cc1ccccc1)NC(=O)N1CCOCC1.CC(=O)/C=C/C([NH3+])CCc1ccccc1.CC(=O)CC=O.CC(C=O)CCc1ccccc1.CC(CCc1ccccc1)C(=O)O.CON(C)C(=O)C(C)CCc1ccccc1.O=C(O)[C@H](Cc1ccccc1)NC(=O)N1CCOCC1.[Cl-]. The van der Waals surface area contributed by atoms with Crippen molar-refractivity contribution in [2.75, 3.05) is 66.8 Å². The summed E-state index contributed by atoms with van der Waals surface area (Å²) in [5.74, 6) is -1.55. The van der Waals surface area contributed by atoms with Gasteiger partial charge in [0.25, 0.3) is 0 Å². The highest BCUT2D eigenvalue weighted by atomic mass is 35.5. The molecule has 2 aliphatic rings. The van der Waals surface area contributed by atoms with Crippen LogP contribution in [-0.4, -0.2) is 188 Å². The number of ether oxygens (including phenoxy) is 2. The molecule has 2 aliphatic heterocycles.